The first-order valence-electron chi connectivity index (χ1n) is 7.44. The monoisotopic (exact) mass is 307 g/mol. The van der Waals surface area contributed by atoms with Crippen LogP contribution in [0.5, 0.6) is 0 Å². The Morgan fingerprint density at radius 1 is 1.20 bits per heavy atom. The zero-order valence-electron chi connectivity index (χ0n) is 12.9. The van der Waals surface area contributed by atoms with Gasteiger partial charge in [-0.1, -0.05) is 6.92 Å². The molecule has 20 heavy (non-hydrogen) atoms. The van der Waals surface area contributed by atoms with Crippen LogP contribution < -0.4 is 5.73 Å². The molecule has 2 N–H and O–H groups in total. The van der Waals surface area contributed by atoms with E-state index >= 15 is 0 Å². The van der Waals surface area contributed by atoms with Crippen molar-refractivity contribution in [2.75, 3.05) is 45.1 Å². The van der Waals surface area contributed by atoms with E-state index < -0.39 is 10.0 Å². The number of piperazine rings is 1. The lowest BCUT2D eigenvalue weighted by Crippen LogP contribution is -2.54. The van der Waals surface area contributed by atoms with Crippen molar-refractivity contribution in [3.63, 3.8) is 0 Å². The summed E-state index contributed by atoms with van der Waals surface area (Å²) in [4.78, 5) is 2.29. The molecule has 1 heterocycles. The molecule has 0 aromatic carbocycles. The molecule has 1 unspecified atom stereocenters. The molecule has 7 heteroatoms. The highest BCUT2D eigenvalue weighted by atomic mass is 32.2. The molecule has 0 radical (unpaired) electrons. The van der Waals surface area contributed by atoms with Crippen LogP contribution in [-0.4, -0.2) is 74.9 Å². The van der Waals surface area contributed by atoms with Gasteiger partial charge in [-0.2, -0.15) is 4.31 Å². The first kappa shape index (κ1) is 17.8. The topological polar surface area (TPSA) is 75.9 Å². The fourth-order valence-corrected chi connectivity index (χ4v) is 3.72. The van der Waals surface area contributed by atoms with Crippen molar-refractivity contribution in [2.24, 2.45) is 5.73 Å². The third-order valence-corrected chi connectivity index (χ3v) is 5.55. The van der Waals surface area contributed by atoms with Crippen LogP contribution in [0.3, 0.4) is 0 Å². The van der Waals surface area contributed by atoms with E-state index in [2.05, 4.69) is 11.8 Å². The van der Waals surface area contributed by atoms with Crippen LogP contribution in [-0.2, 0) is 14.8 Å². The Balaban J connectivity index is 2.43. The first-order valence-corrected chi connectivity index (χ1v) is 9.05. The summed E-state index contributed by atoms with van der Waals surface area (Å²) in [5.74, 6) is 0.0687. The Labute approximate surface area is 123 Å². The Morgan fingerprint density at radius 2 is 1.80 bits per heavy atom. The minimum absolute atomic E-state index is 0.0666. The third kappa shape index (κ3) is 5.29. The summed E-state index contributed by atoms with van der Waals surface area (Å²) in [6.07, 6.45) is 1.07. The molecule has 1 rings (SSSR count). The molecule has 120 valence electrons. The Hall–Kier alpha value is -0.210. The summed E-state index contributed by atoms with van der Waals surface area (Å²) in [7, 11) is -3.19. The number of nitrogens with zero attached hydrogens (tertiary/aromatic N) is 2. The summed E-state index contributed by atoms with van der Waals surface area (Å²) in [5, 5.41) is 0. The van der Waals surface area contributed by atoms with Crippen LogP contribution >= 0.6 is 0 Å². The SMILES string of the molecule is CCC(CN)N1CCN(S(=O)(=O)CCOC(C)C)CC1. The highest BCUT2D eigenvalue weighted by Crippen LogP contribution is 2.12. The maximum absolute atomic E-state index is 12.2. The molecule has 6 nitrogen and oxygen atoms in total. The van der Waals surface area contributed by atoms with E-state index in [1.807, 2.05) is 13.8 Å². The Morgan fingerprint density at radius 3 is 2.25 bits per heavy atom. The predicted molar refractivity (Wildman–Crippen MR) is 81.2 cm³/mol. The zero-order valence-corrected chi connectivity index (χ0v) is 13.7. The number of nitrogens with two attached hydrogens (primary N) is 1. The van der Waals surface area contributed by atoms with Crippen molar-refractivity contribution in [3.05, 3.63) is 0 Å². The Kier molecular flexibility index (Phi) is 7.39. The predicted octanol–water partition coefficient (Wildman–Crippen LogP) is 0.0961. The molecule has 0 aliphatic carbocycles. The van der Waals surface area contributed by atoms with Gasteiger partial charge < -0.3 is 10.5 Å². The van der Waals surface area contributed by atoms with Gasteiger partial charge in [-0.15, -0.1) is 0 Å². The normalized spacial score (nSPS) is 20.4. The zero-order chi connectivity index (χ0) is 15.2. The maximum Gasteiger partial charge on any atom is 0.216 e. The van der Waals surface area contributed by atoms with Gasteiger partial charge in [-0.3, -0.25) is 4.90 Å². The standard InChI is InChI=1S/C13H29N3O3S/c1-4-13(11-14)15-5-7-16(8-6-15)20(17,18)10-9-19-12(2)3/h12-13H,4-11,14H2,1-3H3. The number of sulfonamides is 1. The van der Waals surface area contributed by atoms with Crippen LogP contribution in [0.2, 0.25) is 0 Å². The Bertz CT molecular complexity index is 361. The summed E-state index contributed by atoms with van der Waals surface area (Å²) in [5.41, 5.74) is 5.74. The van der Waals surface area contributed by atoms with Gasteiger partial charge in [0.25, 0.3) is 0 Å². The smallest absolute Gasteiger partial charge is 0.216 e. The van der Waals surface area contributed by atoms with Crippen LogP contribution in [0.15, 0.2) is 0 Å². The lowest BCUT2D eigenvalue weighted by molar-refractivity contribution is 0.0898. The first-order chi connectivity index (χ1) is 9.40. The van der Waals surface area contributed by atoms with Gasteiger partial charge in [0.2, 0.25) is 10.0 Å². The highest BCUT2D eigenvalue weighted by molar-refractivity contribution is 7.89. The molecule has 0 aromatic heterocycles. The van der Waals surface area contributed by atoms with Crippen LogP contribution in [0, 0.1) is 0 Å². The van der Waals surface area contributed by atoms with Gasteiger partial charge in [-0.25, -0.2) is 8.42 Å². The molecule has 1 atom stereocenters. The molecule has 0 saturated carbocycles. The number of ether oxygens (including phenoxy) is 1. The summed E-state index contributed by atoms with van der Waals surface area (Å²) in [6, 6.07) is 0.365. The fourth-order valence-electron chi connectivity index (χ4n) is 2.44. The van der Waals surface area contributed by atoms with E-state index in [1.54, 1.807) is 4.31 Å². The molecule has 1 fully saturated rings. The van der Waals surface area contributed by atoms with Gasteiger partial charge in [0, 0.05) is 38.8 Å². The van der Waals surface area contributed by atoms with Crippen molar-refractivity contribution in [3.8, 4) is 0 Å². The molecule has 0 aromatic rings. The summed E-state index contributed by atoms with van der Waals surface area (Å²) >= 11 is 0. The molecule has 1 aliphatic rings. The summed E-state index contributed by atoms with van der Waals surface area (Å²) in [6.45, 7) is 9.46. The number of rotatable bonds is 8. The second kappa shape index (κ2) is 8.29. The lowest BCUT2D eigenvalue weighted by atomic mass is 10.1. The second-order valence-corrected chi connectivity index (χ2v) is 7.56. The molecular weight excluding hydrogens is 278 g/mol. The van der Waals surface area contributed by atoms with Gasteiger partial charge in [-0.05, 0) is 20.3 Å². The van der Waals surface area contributed by atoms with Crippen LogP contribution in [0.4, 0.5) is 0 Å². The lowest BCUT2D eigenvalue weighted by Gasteiger charge is -2.38. The van der Waals surface area contributed by atoms with Crippen LogP contribution in [0.1, 0.15) is 27.2 Å². The quantitative estimate of drug-likeness (QED) is 0.688. The van der Waals surface area contributed by atoms with Crippen molar-refractivity contribution in [1.29, 1.82) is 0 Å². The van der Waals surface area contributed by atoms with Gasteiger partial charge >= 0.3 is 0 Å². The van der Waals surface area contributed by atoms with Gasteiger partial charge in [0.15, 0.2) is 0 Å². The third-order valence-electron chi connectivity index (χ3n) is 3.72. The fraction of sp³-hybridized carbons (Fsp3) is 1.00. The van der Waals surface area contributed by atoms with E-state index in [0.717, 1.165) is 19.5 Å². The average Bonchev–Trinajstić information content (AvgIpc) is 2.40. The van der Waals surface area contributed by atoms with Crippen molar-refractivity contribution in [1.82, 2.24) is 9.21 Å². The van der Waals surface area contributed by atoms with E-state index in [4.69, 9.17) is 10.5 Å². The van der Waals surface area contributed by atoms with Crippen molar-refractivity contribution < 1.29 is 13.2 Å². The molecule has 1 saturated heterocycles. The van der Waals surface area contributed by atoms with Gasteiger partial charge in [0.1, 0.15) is 0 Å². The summed E-state index contributed by atoms with van der Waals surface area (Å²) < 4.78 is 31.3. The molecule has 0 spiro atoms. The largest absolute Gasteiger partial charge is 0.378 e. The molecule has 0 bridgehead atoms. The van der Waals surface area contributed by atoms with E-state index in [1.165, 1.54) is 0 Å². The van der Waals surface area contributed by atoms with Crippen molar-refractivity contribution in [2.45, 2.75) is 39.3 Å². The second-order valence-electron chi connectivity index (χ2n) is 5.47. The molecule has 1 aliphatic heterocycles. The van der Waals surface area contributed by atoms with Crippen molar-refractivity contribution >= 4 is 10.0 Å². The van der Waals surface area contributed by atoms with Crippen LogP contribution in [0.25, 0.3) is 0 Å². The number of hydrogen-bond acceptors (Lipinski definition) is 5. The van der Waals surface area contributed by atoms with E-state index in [-0.39, 0.29) is 18.5 Å². The average molecular weight is 307 g/mol. The minimum Gasteiger partial charge on any atom is -0.378 e. The highest BCUT2D eigenvalue weighted by Gasteiger charge is 2.28. The van der Waals surface area contributed by atoms with E-state index in [0.29, 0.717) is 25.7 Å². The van der Waals surface area contributed by atoms with E-state index in [9.17, 15) is 8.42 Å². The molecule has 0 amide bonds. The van der Waals surface area contributed by atoms with Gasteiger partial charge in [0.05, 0.1) is 18.5 Å². The molecular formula is C13H29N3O3S. The minimum atomic E-state index is -3.19. The maximum atomic E-state index is 12.2. The number of hydrogen-bond donors (Lipinski definition) is 1.